The van der Waals surface area contributed by atoms with Crippen molar-refractivity contribution >= 4 is 40.2 Å². The van der Waals surface area contributed by atoms with Crippen LogP contribution in [0.25, 0.3) is 0 Å². The molecule has 1 aliphatic heterocycles. The smallest absolute Gasteiger partial charge is 0.303 e. The van der Waals surface area contributed by atoms with Gasteiger partial charge < -0.3 is 16.2 Å². The number of thiazole rings is 1. The summed E-state index contributed by atoms with van der Waals surface area (Å²) in [6.07, 6.45) is 7.18. The van der Waals surface area contributed by atoms with Crippen LogP contribution in [0.4, 0.5) is 0 Å². The van der Waals surface area contributed by atoms with Crippen molar-refractivity contribution in [2.75, 3.05) is 13.1 Å². The number of hydrogen-bond acceptors (Lipinski definition) is 5. The van der Waals surface area contributed by atoms with E-state index in [9.17, 15) is 9.59 Å². The molecule has 6 nitrogen and oxygen atoms in total. The molecule has 0 bridgehead atoms. The predicted octanol–water partition coefficient (Wildman–Crippen LogP) is 3.43. The van der Waals surface area contributed by atoms with Gasteiger partial charge in [-0.1, -0.05) is 0 Å². The predicted molar refractivity (Wildman–Crippen MR) is 107 cm³/mol. The maximum atomic E-state index is 11.9. The molecule has 1 saturated carbocycles. The Morgan fingerprint density at radius 2 is 1.77 bits per heavy atom. The van der Waals surface area contributed by atoms with Crippen LogP contribution in [0.5, 0.6) is 0 Å². The molecule has 0 spiro atoms. The van der Waals surface area contributed by atoms with E-state index < -0.39 is 11.9 Å². The second-order valence-electron chi connectivity index (χ2n) is 7.30. The molecule has 0 radical (unpaired) electrons. The molecule has 2 aliphatic rings. The summed E-state index contributed by atoms with van der Waals surface area (Å²) < 4.78 is 0. The Morgan fingerprint density at radius 1 is 1.12 bits per heavy atom. The largest absolute Gasteiger partial charge is 0.481 e. The molecule has 1 amide bonds. The Morgan fingerprint density at radius 3 is 2.35 bits per heavy atom. The molecule has 2 heterocycles. The third-order valence-corrected chi connectivity index (χ3v) is 6.96. The first-order valence-electron chi connectivity index (χ1n) is 9.27. The molecule has 0 aromatic carbocycles. The molecule has 146 valence electrons. The Labute approximate surface area is 168 Å². The fraction of sp³-hybridized carbons (Fsp3) is 0.722. The number of aromatic nitrogens is 1. The Hall–Kier alpha value is -0.990. The van der Waals surface area contributed by atoms with Crippen molar-refractivity contribution in [3.63, 3.8) is 0 Å². The lowest BCUT2D eigenvalue weighted by atomic mass is 9.79. The fourth-order valence-corrected chi connectivity index (χ4v) is 5.50. The first-order chi connectivity index (χ1) is 12.0. The fourth-order valence-electron chi connectivity index (χ4n) is 4.09. The van der Waals surface area contributed by atoms with E-state index in [-0.39, 0.29) is 23.4 Å². The molecule has 1 aromatic heterocycles. The molecule has 0 unspecified atom stereocenters. The van der Waals surface area contributed by atoms with Crippen LogP contribution in [0, 0.1) is 5.92 Å². The second kappa shape index (κ2) is 9.80. The van der Waals surface area contributed by atoms with Crippen molar-refractivity contribution in [1.29, 1.82) is 0 Å². The molecule has 2 fully saturated rings. The van der Waals surface area contributed by atoms with Gasteiger partial charge >= 0.3 is 5.97 Å². The standard InChI is InChI=1S/C18H27N3O3S.BrH/c19-17(24)15-16(25-18(21-15)13-7-9-20-10-8-13)12-4-1-11(2-5-12)3-6-14(22)23;/h11-13,20H,1-10H2,(H2,19,24)(H,22,23);1H/t11-,12-;. The van der Waals surface area contributed by atoms with Crippen LogP contribution in [-0.4, -0.2) is 35.1 Å². The molecular weight excluding hydrogens is 418 g/mol. The third kappa shape index (κ3) is 5.27. The summed E-state index contributed by atoms with van der Waals surface area (Å²) in [4.78, 5) is 28.3. The van der Waals surface area contributed by atoms with Gasteiger partial charge in [0.25, 0.3) is 5.91 Å². The summed E-state index contributed by atoms with van der Waals surface area (Å²) in [6, 6.07) is 0. The van der Waals surface area contributed by atoms with Crippen LogP contribution >= 0.6 is 28.3 Å². The molecule has 1 saturated heterocycles. The Kier molecular flexibility index (Phi) is 8.04. The zero-order chi connectivity index (χ0) is 17.8. The number of nitrogens with one attached hydrogen (secondary N) is 1. The van der Waals surface area contributed by atoms with Crippen LogP contribution in [0.3, 0.4) is 0 Å². The van der Waals surface area contributed by atoms with Gasteiger partial charge in [0.2, 0.25) is 0 Å². The zero-order valence-corrected chi connectivity index (χ0v) is 17.4. The summed E-state index contributed by atoms with van der Waals surface area (Å²) in [5.41, 5.74) is 6.08. The van der Waals surface area contributed by atoms with Gasteiger partial charge in [-0.2, -0.15) is 0 Å². The molecule has 3 rings (SSSR count). The lowest BCUT2D eigenvalue weighted by molar-refractivity contribution is -0.137. The quantitative estimate of drug-likeness (QED) is 0.621. The number of amides is 1. The average Bonchev–Trinajstić information content (AvgIpc) is 3.07. The minimum atomic E-state index is -0.716. The van der Waals surface area contributed by atoms with Gasteiger partial charge in [-0.25, -0.2) is 4.98 Å². The average molecular weight is 446 g/mol. The van der Waals surface area contributed by atoms with E-state index in [1.165, 1.54) is 0 Å². The van der Waals surface area contributed by atoms with Crippen LogP contribution in [-0.2, 0) is 4.79 Å². The van der Waals surface area contributed by atoms with Crippen molar-refractivity contribution in [3.05, 3.63) is 15.6 Å². The number of carboxylic acid groups (broad SMARTS) is 1. The summed E-state index contributed by atoms with van der Waals surface area (Å²) in [5.74, 6) is 0.134. The van der Waals surface area contributed by atoms with Gasteiger partial charge in [-0.3, -0.25) is 9.59 Å². The number of piperidine rings is 1. The van der Waals surface area contributed by atoms with E-state index in [0.717, 1.165) is 67.9 Å². The van der Waals surface area contributed by atoms with Gasteiger partial charge in [-0.05, 0) is 69.9 Å². The van der Waals surface area contributed by atoms with Crippen LogP contribution < -0.4 is 11.1 Å². The lowest BCUT2D eigenvalue weighted by Gasteiger charge is -2.27. The monoisotopic (exact) mass is 445 g/mol. The number of rotatable bonds is 6. The Balaban J connectivity index is 0.00000243. The number of halogens is 1. The van der Waals surface area contributed by atoms with E-state index in [1.54, 1.807) is 11.3 Å². The summed E-state index contributed by atoms with van der Waals surface area (Å²) in [6.45, 7) is 2.00. The number of nitrogens with two attached hydrogens (primary N) is 1. The molecule has 1 aliphatic carbocycles. The van der Waals surface area contributed by atoms with Gasteiger partial charge in [-0.15, -0.1) is 28.3 Å². The molecule has 8 heteroatoms. The van der Waals surface area contributed by atoms with Crippen molar-refractivity contribution in [3.8, 4) is 0 Å². The minimum Gasteiger partial charge on any atom is -0.481 e. The van der Waals surface area contributed by atoms with E-state index in [2.05, 4.69) is 10.3 Å². The number of primary amides is 1. The van der Waals surface area contributed by atoms with Crippen molar-refractivity contribution in [2.45, 2.75) is 63.2 Å². The number of carboxylic acids is 1. The summed E-state index contributed by atoms with van der Waals surface area (Å²) in [7, 11) is 0. The number of nitrogens with zero attached hydrogens (tertiary/aromatic N) is 1. The van der Waals surface area contributed by atoms with Gasteiger partial charge in [0.1, 0.15) is 5.69 Å². The van der Waals surface area contributed by atoms with E-state index >= 15 is 0 Å². The molecule has 26 heavy (non-hydrogen) atoms. The summed E-state index contributed by atoms with van der Waals surface area (Å²) in [5, 5.41) is 13.3. The first-order valence-corrected chi connectivity index (χ1v) is 10.1. The molecule has 1 aromatic rings. The number of aliphatic carboxylic acids is 1. The third-order valence-electron chi connectivity index (χ3n) is 5.58. The van der Waals surface area contributed by atoms with E-state index in [1.807, 2.05) is 0 Å². The van der Waals surface area contributed by atoms with Crippen molar-refractivity contribution in [1.82, 2.24) is 10.3 Å². The second-order valence-corrected chi connectivity index (χ2v) is 8.37. The number of carbonyl (C=O) groups is 2. The zero-order valence-electron chi connectivity index (χ0n) is 14.9. The van der Waals surface area contributed by atoms with Crippen molar-refractivity contribution < 1.29 is 14.7 Å². The van der Waals surface area contributed by atoms with Crippen LogP contribution in [0.2, 0.25) is 0 Å². The summed E-state index contributed by atoms with van der Waals surface area (Å²) >= 11 is 1.69. The normalized spacial score (nSPS) is 24.0. The number of hydrogen-bond donors (Lipinski definition) is 3. The van der Waals surface area contributed by atoms with E-state index in [0.29, 0.717) is 23.4 Å². The first kappa shape index (κ1) is 21.3. The lowest BCUT2D eigenvalue weighted by Crippen LogP contribution is -2.26. The molecule has 4 N–H and O–H groups in total. The van der Waals surface area contributed by atoms with Crippen LogP contribution in [0.1, 0.15) is 83.6 Å². The minimum absolute atomic E-state index is 0. The highest BCUT2D eigenvalue weighted by molar-refractivity contribution is 8.93. The topological polar surface area (TPSA) is 105 Å². The van der Waals surface area contributed by atoms with Crippen LogP contribution in [0.15, 0.2) is 0 Å². The highest BCUT2D eigenvalue weighted by Gasteiger charge is 2.30. The SMILES string of the molecule is Br.NC(=O)c1nc(C2CCNCC2)sc1[C@H]1CC[C@H](CCC(=O)O)CC1. The Bertz CT molecular complexity index is 623. The number of carbonyl (C=O) groups excluding carboxylic acids is 1. The van der Waals surface area contributed by atoms with E-state index in [4.69, 9.17) is 10.8 Å². The van der Waals surface area contributed by atoms with Gasteiger partial charge in [0.05, 0.1) is 5.01 Å². The maximum Gasteiger partial charge on any atom is 0.303 e. The molecular formula is C18H28BrN3O3S. The highest BCUT2D eigenvalue weighted by Crippen LogP contribution is 2.42. The van der Waals surface area contributed by atoms with Gasteiger partial charge in [0.15, 0.2) is 0 Å². The highest BCUT2D eigenvalue weighted by atomic mass is 79.9. The molecule has 0 atom stereocenters. The van der Waals surface area contributed by atoms with Crippen molar-refractivity contribution in [2.24, 2.45) is 11.7 Å². The van der Waals surface area contributed by atoms with Gasteiger partial charge in [0, 0.05) is 17.2 Å². The maximum absolute atomic E-state index is 11.9.